The Morgan fingerprint density at radius 1 is 1.25 bits per heavy atom. The first-order chi connectivity index (χ1) is 7.54. The van der Waals surface area contributed by atoms with Crippen LogP contribution in [0.3, 0.4) is 0 Å². The second kappa shape index (κ2) is 5.64. The topological polar surface area (TPSA) is 43.4 Å². The minimum atomic E-state index is -0.274. The van der Waals surface area contributed by atoms with Crippen molar-refractivity contribution in [1.29, 1.82) is 0 Å². The zero-order chi connectivity index (χ0) is 12.1. The number of hydrogen-bond donors (Lipinski definition) is 0. The van der Waals surface area contributed by atoms with Gasteiger partial charge >= 0.3 is 5.97 Å². The van der Waals surface area contributed by atoms with Crippen molar-refractivity contribution in [2.45, 2.75) is 39.7 Å². The molecule has 1 aliphatic carbocycles. The largest absolute Gasteiger partial charge is 0.458 e. The van der Waals surface area contributed by atoms with Crippen LogP contribution in [0, 0.1) is 5.92 Å². The quantitative estimate of drug-likeness (QED) is 0.418. The van der Waals surface area contributed by atoms with E-state index in [0.717, 1.165) is 18.4 Å². The fourth-order valence-corrected chi connectivity index (χ4v) is 1.76. The van der Waals surface area contributed by atoms with Gasteiger partial charge in [-0.3, -0.25) is 9.59 Å². The Balaban J connectivity index is 2.58. The van der Waals surface area contributed by atoms with Gasteiger partial charge in [-0.05, 0) is 38.3 Å². The summed E-state index contributed by atoms with van der Waals surface area (Å²) >= 11 is 0. The van der Waals surface area contributed by atoms with E-state index in [1.165, 1.54) is 6.92 Å². The van der Waals surface area contributed by atoms with Gasteiger partial charge in [-0.1, -0.05) is 12.2 Å². The van der Waals surface area contributed by atoms with Gasteiger partial charge < -0.3 is 4.74 Å². The molecule has 1 rings (SSSR count). The van der Waals surface area contributed by atoms with Crippen molar-refractivity contribution in [2.24, 2.45) is 5.92 Å². The second-order valence-corrected chi connectivity index (χ2v) is 4.05. The van der Waals surface area contributed by atoms with E-state index in [1.54, 1.807) is 0 Å². The first kappa shape index (κ1) is 12.7. The third kappa shape index (κ3) is 3.33. The summed E-state index contributed by atoms with van der Waals surface area (Å²) in [5, 5.41) is 0. The molecule has 1 aliphatic rings. The third-order valence-electron chi connectivity index (χ3n) is 2.80. The van der Waals surface area contributed by atoms with Crippen LogP contribution in [0.25, 0.3) is 0 Å². The molecule has 0 spiro atoms. The molecule has 16 heavy (non-hydrogen) atoms. The van der Waals surface area contributed by atoms with Gasteiger partial charge in [0.2, 0.25) is 0 Å². The molecule has 0 aromatic heterocycles. The van der Waals surface area contributed by atoms with Crippen molar-refractivity contribution in [3.05, 3.63) is 23.8 Å². The molecular weight excluding hydrogens is 204 g/mol. The highest BCUT2D eigenvalue weighted by Gasteiger charge is 2.23. The molecule has 0 aliphatic heterocycles. The number of allylic oxidation sites excluding steroid dienone is 3. The monoisotopic (exact) mass is 222 g/mol. The van der Waals surface area contributed by atoms with E-state index in [4.69, 9.17) is 4.74 Å². The molecule has 0 aromatic carbocycles. The van der Waals surface area contributed by atoms with E-state index in [0.29, 0.717) is 0 Å². The minimum Gasteiger partial charge on any atom is -0.458 e. The van der Waals surface area contributed by atoms with Crippen LogP contribution in [-0.4, -0.2) is 17.9 Å². The number of carbonyl (C=O) groups is 2. The number of ketones is 1. The molecule has 0 saturated carbocycles. The summed E-state index contributed by atoms with van der Waals surface area (Å²) in [6.07, 6.45) is 6.81. The van der Waals surface area contributed by atoms with E-state index < -0.39 is 0 Å². The molecule has 0 saturated heterocycles. The number of rotatable bonds is 3. The smallest absolute Gasteiger partial charge is 0.303 e. The van der Waals surface area contributed by atoms with Crippen LogP contribution in [0.1, 0.15) is 33.6 Å². The van der Waals surface area contributed by atoms with Crippen molar-refractivity contribution in [3.63, 3.8) is 0 Å². The summed E-state index contributed by atoms with van der Waals surface area (Å²) in [6, 6.07) is 0. The van der Waals surface area contributed by atoms with Crippen LogP contribution in [0.4, 0.5) is 0 Å². The molecule has 3 heteroatoms. The summed E-state index contributed by atoms with van der Waals surface area (Å²) in [5.74, 6) is -0.160. The average Bonchev–Trinajstić information content (AvgIpc) is 2.27. The second-order valence-electron chi connectivity index (χ2n) is 4.05. The zero-order valence-corrected chi connectivity index (χ0v) is 10.0. The molecule has 0 heterocycles. The lowest BCUT2D eigenvalue weighted by Crippen LogP contribution is -2.23. The lowest BCUT2D eigenvalue weighted by atomic mass is 9.88. The highest BCUT2D eigenvalue weighted by atomic mass is 16.5. The molecule has 0 bridgehead atoms. The lowest BCUT2D eigenvalue weighted by molar-refractivity contribution is -0.144. The minimum absolute atomic E-state index is 0.0528. The number of ether oxygens (including phenoxy) is 1. The van der Waals surface area contributed by atoms with Crippen LogP contribution in [-0.2, 0) is 14.3 Å². The summed E-state index contributed by atoms with van der Waals surface area (Å²) in [7, 11) is 0. The van der Waals surface area contributed by atoms with E-state index >= 15 is 0 Å². The van der Waals surface area contributed by atoms with Gasteiger partial charge in [-0.15, -0.1) is 0 Å². The molecule has 0 N–H and O–H groups in total. The Labute approximate surface area is 96.2 Å². The van der Waals surface area contributed by atoms with Gasteiger partial charge in [-0.25, -0.2) is 0 Å². The molecular formula is C13H18O3. The van der Waals surface area contributed by atoms with E-state index in [-0.39, 0.29) is 23.8 Å². The van der Waals surface area contributed by atoms with Crippen LogP contribution < -0.4 is 0 Å². The number of esters is 1. The predicted molar refractivity (Wildman–Crippen MR) is 61.9 cm³/mol. The molecule has 3 nitrogen and oxygen atoms in total. The van der Waals surface area contributed by atoms with E-state index in [1.807, 2.05) is 32.1 Å². The molecule has 2 atom stereocenters. The average molecular weight is 222 g/mol. The van der Waals surface area contributed by atoms with Crippen LogP contribution in [0.2, 0.25) is 0 Å². The summed E-state index contributed by atoms with van der Waals surface area (Å²) in [6.45, 7) is 5.09. The van der Waals surface area contributed by atoms with Gasteiger partial charge in [0.25, 0.3) is 0 Å². The van der Waals surface area contributed by atoms with Crippen LogP contribution in [0.15, 0.2) is 23.8 Å². The van der Waals surface area contributed by atoms with Gasteiger partial charge in [0.05, 0.1) is 0 Å². The van der Waals surface area contributed by atoms with Crippen molar-refractivity contribution in [3.8, 4) is 0 Å². The Morgan fingerprint density at radius 3 is 2.38 bits per heavy atom. The Morgan fingerprint density at radius 2 is 1.94 bits per heavy atom. The molecule has 88 valence electrons. The van der Waals surface area contributed by atoms with E-state index in [9.17, 15) is 9.59 Å². The predicted octanol–water partition coefficient (Wildman–Crippen LogP) is 2.42. The first-order valence-corrected chi connectivity index (χ1v) is 5.57. The fraction of sp³-hybridized carbons (Fsp3) is 0.538. The van der Waals surface area contributed by atoms with Gasteiger partial charge in [-0.2, -0.15) is 0 Å². The maximum absolute atomic E-state index is 11.8. The molecule has 0 radical (unpaired) electrons. The maximum Gasteiger partial charge on any atom is 0.303 e. The maximum atomic E-state index is 11.8. The van der Waals surface area contributed by atoms with Crippen LogP contribution >= 0.6 is 0 Å². The Bertz CT molecular complexity index is 339. The van der Waals surface area contributed by atoms with Crippen molar-refractivity contribution >= 4 is 11.8 Å². The highest BCUT2D eigenvalue weighted by Crippen LogP contribution is 2.22. The third-order valence-corrected chi connectivity index (χ3v) is 2.80. The number of Topliss-reactive ketones (excluding diaryl/α,β-unsaturated/α-hetero) is 1. The summed E-state index contributed by atoms with van der Waals surface area (Å²) < 4.78 is 5.05. The molecule has 1 unspecified atom stereocenters. The normalized spacial score (nSPS) is 25.3. The molecule has 0 aromatic rings. The number of hydrogen-bond acceptors (Lipinski definition) is 3. The zero-order valence-electron chi connectivity index (χ0n) is 10.0. The Hall–Kier alpha value is -1.38. The van der Waals surface area contributed by atoms with Crippen molar-refractivity contribution in [2.75, 3.05) is 0 Å². The first-order valence-electron chi connectivity index (χ1n) is 5.57. The van der Waals surface area contributed by atoms with Crippen LogP contribution in [0.5, 0.6) is 0 Å². The molecule has 0 amide bonds. The Kier molecular flexibility index (Phi) is 4.47. The van der Waals surface area contributed by atoms with Gasteiger partial charge in [0, 0.05) is 12.8 Å². The standard InChI is InChI=1S/C13H18O3/c1-4-9(2)13(15)11-5-7-12(8-6-11)16-10(3)14/h4-5,7,11-12H,6,8H2,1-3H3/t11-,12?/m1/s1. The fourth-order valence-electron chi connectivity index (χ4n) is 1.76. The summed E-state index contributed by atoms with van der Waals surface area (Å²) in [4.78, 5) is 22.6. The summed E-state index contributed by atoms with van der Waals surface area (Å²) in [5.41, 5.74) is 0.792. The van der Waals surface area contributed by atoms with Crippen molar-refractivity contribution < 1.29 is 14.3 Å². The van der Waals surface area contributed by atoms with Gasteiger partial charge in [0.15, 0.2) is 5.78 Å². The highest BCUT2D eigenvalue weighted by molar-refractivity contribution is 5.97. The number of carbonyl (C=O) groups excluding carboxylic acids is 2. The van der Waals surface area contributed by atoms with E-state index in [2.05, 4.69) is 0 Å². The lowest BCUT2D eigenvalue weighted by Gasteiger charge is -2.21. The molecule has 0 fully saturated rings. The SMILES string of the molecule is CC=C(C)C(=O)[C@@H]1C=CC(OC(C)=O)CC1. The van der Waals surface area contributed by atoms with Gasteiger partial charge in [0.1, 0.15) is 6.10 Å². The van der Waals surface area contributed by atoms with Crippen molar-refractivity contribution in [1.82, 2.24) is 0 Å².